The number of pyridine rings is 2. The van der Waals surface area contributed by atoms with E-state index in [4.69, 9.17) is 0 Å². The Kier molecular flexibility index (Phi) is 8.42. The normalized spacial score (nSPS) is 10.4. The summed E-state index contributed by atoms with van der Waals surface area (Å²) in [6, 6.07) is 7.27. The lowest BCUT2D eigenvalue weighted by Crippen LogP contribution is -2.29. The lowest BCUT2D eigenvalue weighted by atomic mass is 10.1. The molecule has 0 aliphatic carbocycles. The third-order valence-electron chi connectivity index (χ3n) is 4.41. The molecule has 0 unspecified atom stereocenters. The number of hydrogen-bond acceptors (Lipinski definition) is 2. The summed E-state index contributed by atoms with van der Waals surface area (Å²) in [6.07, 6.45) is 12.7. The molecule has 0 saturated carbocycles. The Labute approximate surface area is 161 Å². The number of unbranched alkanes of at least 4 members (excludes halogenated alkanes) is 4. The molecule has 0 aliphatic heterocycles. The summed E-state index contributed by atoms with van der Waals surface area (Å²) in [5, 5.41) is 5.90. The highest BCUT2D eigenvalue weighted by Gasteiger charge is 2.07. The highest BCUT2D eigenvalue weighted by Crippen LogP contribution is 2.03. The van der Waals surface area contributed by atoms with Crippen LogP contribution in [0.15, 0.2) is 49.1 Å². The van der Waals surface area contributed by atoms with Crippen LogP contribution in [0.2, 0.25) is 0 Å². The molecule has 144 valence electrons. The van der Waals surface area contributed by atoms with Crippen LogP contribution in [0.1, 0.15) is 52.8 Å². The first kappa shape index (κ1) is 20.6. The van der Waals surface area contributed by atoms with Gasteiger partial charge in [0.1, 0.15) is 14.1 Å². The van der Waals surface area contributed by atoms with E-state index in [1.54, 1.807) is 0 Å². The standard InChI is InChI=1S/C21H28N4O2/c1-24-14-8-18(9-15-24)20(26)22-12-6-4-3-5-7-13-23-21(27)19-10-16-25(2)17-11-19/h8-11,14-17H,3-7,12-13H2,1-2H3/p+2. The number of hydrogen-bond donors (Lipinski definition) is 2. The summed E-state index contributed by atoms with van der Waals surface area (Å²) in [5.74, 6) is -0.0411. The second-order valence-corrected chi connectivity index (χ2v) is 6.78. The molecule has 2 N–H and O–H groups in total. The molecule has 2 aromatic heterocycles. The van der Waals surface area contributed by atoms with Gasteiger partial charge in [0, 0.05) is 37.4 Å². The molecule has 0 spiro atoms. The number of rotatable bonds is 10. The summed E-state index contributed by atoms with van der Waals surface area (Å²) in [4.78, 5) is 23.9. The Morgan fingerprint density at radius 3 is 1.37 bits per heavy atom. The average molecular weight is 370 g/mol. The van der Waals surface area contributed by atoms with Crippen molar-refractivity contribution in [2.75, 3.05) is 13.1 Å². The van der Waals surface area contributed by atoms with E-state index in [9.17, 15) is 9.59 Å². The van der Waals surface area contributed by atoms with Gasteiger partial charge < -0.3 is 10.6 Å². The summed E-state index contributed by atoms with van der Waals surface area (Å²) >= 11 is 0. The van der Waals surface area contributed by atoms with Crippen molar-refractivity contribution in [2.45, 2.75) is 32.1 Å². The number of aryl methyl sites for hydroxylation is 2. The molecular formula is C21H30N4O2+2. The van der Waals surface area contributed by atoms with E-state index in [2.05, 4.69) is 10.6 Å². The van der Waals surface area contributed by atoms with Crippen molar-refractivity contribution >= 4 is 11.8 Å². The van der Waals surface area contributed by atoms with Gasteiger partial charge >= 0.3 is 0 Å². The van der Waals surface area contributed by atoms with E-state index in [0.717, 1.165) is 32.1 Å². The van der Waals surface area contributed by atoms with Crippen molar-refractivity contribution in [1.82, 2.24) is 10.6 Å². The predicted octanol–water partition coefficient (Wildman–Crippen LogP) is 1.45. The minimum absolute atomic E-state index is 0.0205. The molecule has 0 bridgehead atoms. The van der Waals surface area contributed by atoms with Crippen molar-refractivity contribution in [3.8, 4) is 0 Å². The number of nitrogens with zero attached hydrogens (tertiary/aromatic N) is 2. The Morgan fingerprint density at radius 2 is 1.00 bits per heavy atom. The summed E-state index contributed by atoms with van der Waals surface area (Å²) < 4.78 is 3.80. The average Bonchev–Trinajstić information content (AvgIpc) is 2.67. The molecule has 0 radical (unpaired) electrons. The molecule has 27 heavy (non-hydrogen) atoms. The maximum absolute atomic E-state index is 12.0. The highest BCUT2D eigenvalue weighted by atomic mass is 16.2. The Bertz CT molecular complexity index is 663. The van der Waals surface area contributed by atoms with Crippen LogP contribution in [0.5, 0.6) is 0 Å². The monoisotopic (exact) mass is 370 g/mol. The first-order chi connectivity index (χ1) is 13.1. The van der Waals surface area contributed by atoms with Crippen molar-refractivity contribution in [2.24, 2.45) is 14.1 Å². The minimum Gasteiger partial charge on any atom is -0.352 e. The first-order valence-corrected chi connectivity index (χ1v) is 9.53. The van der Waals surface area contributed by atoms with E-state index >= 15 is 0 Å². The summed E-state index contributed by atoms with van der Waals surface area (Å²) in [7, 11) is 3.85. The summed E-state index contributed by atoms with van der Waals surface area (Å²) in [6.45, 7) is 1.39. The fraction of sp³-hybridized carbons (Fsp3) is 0.429. The molecule has 2 heterocycles. The van der Waals surface area contributed by atoms with Gasteiger partial charge in [0.15, 0.2) is 24.8 Å². The Morgan fingerprint density at radius 1 is 0.667 bits per heavy atom. The number of amides is 2. The van der Waals surface area contributed by atoms with Crippen LogP contribution in [0.25, 0.3) is 0 Å². The van der Waals surface area contributed by atoms with Crippen molar-refractivity contribution in [3.63, 3.8) is 0 Å². The molecule has 0 aliphatic rings. The third kappa shape index (κ3) is 7.56. The second-order valence-electron chi connectivity index (χ2n) is 6.78. The maximum atomic E-state index is 12.0. The van der Waals surface area contributed by atoms with Crippen LogP contribution in [-0.2, 0) is 14.1 Å². The van der Waals surface area contributed by atoms with Gasteiger partial charge in [-0.3, -0.25) is 9.59 Å². The zero-order valence-electron chi connectivity index (χ0n) is 16.3. The van der Waals surface area contributed by atoms with Crippen molar-refractivity contribution in [1.29, 1.82) is 0 Å². The van der Waals surface area contributed by atoms with Gasteiger partial charge in [-0.15, -0.1) is 0 Å². The molecule has 2 aromatic rings. The van der Waals surface area contributed by atoms with Crippen molar-refractivity contribution < 1.29 is 18.7 Å². The molecule has 0 saturated heterocycles. The Balaban J connectivity index is 1.47. The van der Waals surface area contributed by atoms with Crippen molar-refractivity contribution in [3.05, 3.63) is 60.2 Å². The van der Waals surface area contributed by atoms with Crippen LogP contribution in [0.4, 0.5) is 0 Å². The number of nitrogens with one attached hydrogen (secondary N) is 2. The van der Waals surface area contributed by atoms with Gasteiger partial charge in [-0.2, -0.15) is 0 Å². The fourth-order valence-electron chi connectivity index (χ4n) is 2.69. The zero-order chi connectivity index (χ0) is 19.5. The van der Waals surface area contributed by atoms with Gasteiger partial charge in [-0.25, -0.2) is 9.13 Å². The van der Waals surface area contributed by atoms with E-state index in [1.807, 2.05) is 72.3 Å². The van der Waals surface area contributed by atoms with Crippen LogP contribution in [0.3, 0.4) is 0 Å². The minimum atomic E-state index is -0.0205. The van der Waals surface area contributed by atoms with E-state index in [0.29, 0.717) is 24.2 Å². The largest absolute Gasteiger partial charge is 0.352 e. The Hall–Kier alpha value is -2.76. The number of aromatic nitrogens is 2. The highest BCUT2D eigenvalue weighted by molar-refractivity contribution is 5.94. The lowest BCUT2D eigenvalue weighted by Gasteiger charge is -2.06. The fourth-order valence-corrected chi connectivity index (χ4v) is 2.69. The molecule has 0 atom stereocenters. The van der Waals surface area contributed by atoms with Gasteiger partial charge in [-0.05, 0) is 12.8 Å². The van der Waals surface area contributed by atoms with Crippen LogP contribution in [0, 0.1) is 0 Å². The van der Waals surface area contributed by atoms with E-state index < -0.39 is 0 Å². The third-order valence-corrected chi connectivity index (χ3v) is 4.41. The predicted molar refractivity (Wildman–Crippen MR) is 103 cm³/mol. The van der Waals surface area contributed by atoms with Gasteiger partial charge in [0.2, 0.25) is 0 Å². The molecular weight excluding hydrogens is 340 g/mol. The van der Waals surface area contributed by atoms with Crippen LogP contribution < -0.4 is 19.8 Å². The maximum Gasteiger partial charge on any atom is 0.251 e. The molecule has 0 fully saturated rings. The van der Waals surface area contributed by atoms with Gasteiger partial charge in [-0.1, -0.05) is 19.3 Å². The van der Waals surface area contributed by atoms with Crippen LogP contribution >= 0.6 is 0 Å². The summed E-state index contributed by atoms with van der Waals surface area (Å²) in [5.41, 5.74) is 1.38. The lowest BCUT2D eigenvalue weighted by molar-refractivity contribution is -0.671. The number of carbonyl (C=O) groups is 2. The van der Waals surface area contributed by atoms with E-state index in [1.165, 1.54) is 0 Å². The smallest absolute Gasteiger partial charge is 0.251 e. The molecule has 2 rings (SSSR count). The number of carbonyl (C=O) groups excluding carboxylic acids is 2. The molecule has 6 nitrogen and oxygen atoms in total. The molecule has 0 aromatic carbocycles. The van der Waals surface area contributed by atoms with Gasteiger partial charge in [0.05, 0.1) is 11.1 Å². The zero-order valence-corrected chi connectivity index (χ0v) is 16.3. The molecule has 2 amide bonds. The SMILES string of the molecule is C[n+]1ccc(C(=O)NCCCCCCCNC(=O)c2cc[n+](C)cc2)cc1. The quantitative estimate of drug-likeness (QED) is 0.491. The molecule has 6 heteroatoms. The second kappa shape index (κ2) is 11.1. The first-order valence-electron chi connectivity index (χ1n) is 9.53. The van der Waals surface area contributed by atoms with Gasteiger partial charge in [0.25, 0.3) is 11.8 Å². The van der Waals surface area contributed by atoms with Crippen LogP contribution in [-0.4, -0.2) is 24.9 Å². The topological polar surface area (TPSA) is 66.0 Å². The van der Waals surface area contributed by atoms with E-state index in [-0.39, 0.29) is 11.8 Å².